The summed E-state index contributed by atoms with van der Waals surface area (Å²) >= 11 is 1.39. The maximum atomic E-state index is 12.5. The molecule has 0 radical (unpaired) electrons. The molecule has 4 aliphatic carbocycles. The minimum Gasteiger partial charge on any atom is -0.415 e. The molecule has 4 fully saturated rings. The summed E-state index contributed by atoms with van der Waals surface area (Å²) in [7, 11) is 0. The molecule has 0 atom stereocenters. The van der Waals surface area contributed by atoms with E-state index in [0.717, 1.165) is 23.6 Å². The lowest BCUT2D eigenvalue weighted by molar-refractivity contribution is -0.131. The standard InChI is InChI=1S/C20H31N3O2S/c1-12(2)23(13(3)4)17(24)11-26-19-22-21-18(25-19)20-8-14-5-15(9-20)7-16(6-14)10-20/h12-16H,5-11H2,1-4H3. The Bertz CT molecular complexity index is 626. The van der Waals surface area contributed by atoms with Crippen LogP contribution >= 0.6 is 11.8 Å². The molecule has 0 spiro atoms. The van der Waals surface area contributed by atoms with Crippen molar-refractivity contribution in [1.82, 2.24) is 15.1 Å². The van der Waals surface area contributed by atoms with Gasteiger partial charge in [-0.2, -0.15) is 0 Å². The maximum Gasteiger partial charge on any atom is 0.277 e. The van der Waals surface area contributed by atoms with Gasteiger partial charge in [0.25, 0.3) is 5.22 Å². The lowest BCUT2D eigenvalue weighted by Crippen LogP contribution is -2.48. The van der Waals surface area contributed by atoms with Gasteiger partial charge in [0.05, 0.1) is 5.75 Å². The Morgan fingerprint density at radius 1 is 1.08 bits per heavy atom. The van der Waals surface area contributed by atoms with Gasteiger partial charge in [-0.1, -0.05) is 11.8 Å². The van der Waals surface area contributed by atoms with Gasteiger partial charge >= 0.3 is 0 Å². The van der Waals surface area contributed by atoms with Crippen LogP contribution in [0.15, 0.2) is 9.64 Å². The number of hydrogen-bond donors (Lipinski definition) is 0. The van der Waals surface area contributed by atoms with E-state index in [9.17, 15) is 4.79 Å². The molecule has 0 saturated heterocycles. The summed E-state index contributed by atoms with van der Waals surface area (Å²) in [5, 5.41) is 9.26. The van der Waals surface area contributed by atoms with Crippen molar-refractivity contribution in [3.8, 4) is 0 Å². The highest BCUT2D eigenvalue weighted by Gasteiger charge is 2.54. The molecule has 4 aliphatic rings. The van der Waals surface area contributed by atoms with E-state index in [0.29, 0.717) is 11.0 Å². The Hall–Kier alpha value is -1.04. The number of carbonyl (C=O) groups excluding carboxylic acids is 1. The third-order valence-corrected chi connectivity index (χ3v) is 7.42. The maximum absolute atomic E-state index is 12.5. The molecule has 26 heavy (non-hydrogen) atoms. The summed E-state index contributed by atoms with van der Waals surface area (Å²) in [6.45, 7) is 8.22. The largest absolute Gasteiger partial charge is 0.415 e. The van der Waals surface area contributed by atoms with Crippen molar-refractivity contribution in [2.45, 2.75) is 88.9 Å². The normalized spacial score (nSPS) is 32.6. The summed E-state index contributed by atoms with van der Waals surface area (Å²) < 4.78 is 6.09. The van der Waals surface area contributed by atoms with E-state index in [1.807, 2.05) is 4.90 Å². The van der Waals surface area contributed by atoms with Crippen LogP contribution in [0.4, 0.5) is 0 Å². The van der Waals surface area contributed by atoms with Crippen LogP contribution in [0.1, 0.15) is 72.1 Å². The fourth-order valence-corrected chi connectivity index (χ4v) is 6.86. The first kappa shape index (κ1) is 18.3. The molecule has 1 heterocycles. The van der Waals surface area contributed by atoms with Crippen LogP contribution in [0.25, 0.3) is 0 Å². The molecule has 0 aliphatic heterocycles. The van der Waals surface area contributed by atoms with E-state index < -0.39 is 0 Å². The molecule has 144 valence electrons. The van der Waals surface area contributed by atoms with Gasteiger partial charge in [-0.25, -0.2) is 0 Å². The molecule has 0 aromatic carbocycles. The molecule has 5 nitrogen and oxygen atoms in total. The highest BCUT2D eigenvalue weighted by molar-refractivity contribution is 7.99. The fraction of sp³-hybridized carbons (Fsp3) is 0.850. The van der Waals surface area contributed by atoms with Gasteiger partial charge in [0.2, 0.25) is 11.8 Å². The van der Waals surface area contributed by atoms with E-state index in [-0.39, 0.29) is 23.4 Å². The first-order valence-corrected chi connectivity index (χ1v) is 11.1. The minimum atomic E-state index is 0.131. The monoisotopic (exact) mass is 377 g/mol. The van der Waals surface area contributed by atoms with E-state index >= 15 is 0 Å². The second-order valence-corrected chi connectivity index (χ2v) is 10.3. The molecule has 0 unspecified atom stereocenters. The summed E-state index contributed by atoms with van der Waals surface area (Å²) in [6, 6.07) is 0.404. The zero-order chi connectivity index (χ0) is 18.5. The van der Waals surface area contributed by atoms with Crippen LogP contribution in [-0.4, -0.2) is 38.8 Å². The molecule has 0 N–H and O–H groups in total. The molecule has 4 saturated carbocycles. The minimum absolute atomic E-state index is 0.131. The van der Waals surface area contributed by atoms with Gasteiger partial charge in [-0.05, 0) is 84.0 Å². The van der Waals surface area contributed by atoms with E-state index in [1.165, 1.54) is 50.3 Å². The zero-order valence-electron chi connectivity index (χ0n) is 16.4. The quantitative estimate of drug-likeness (QED) is 0.693. The second kappa shape index (κ2) is 6.84. The number of nitrogens with zero attached hydrogens (tertiary/aromatic N) is 3. The van der Waals surface area contributed by atoms with Crippen molar-refractivity contribution >= 4 is 17.7 Å². The third kappa shape index (κ3) is 3.30. The zero-order valence-corrected chi connectivity index (χ0v) is 17.2. The second-order valence-electron chi connectivity index (χ2n) is 9.35. The third-order valence-electron chi connectivity index (χ3n) is 6.62. The Labute approximate surface area is 160 Å². The Morgan fingerprint density at radius 3 is 2.12 bits per heavy atom. The Balaban J connectivity index is 1.42. The molecule has 1 aromatic rings. The summed E-state index contributed by atoms with van der Waals surface area (Å²) in [6.07, 6.45) is 7.88. The van der Waals surface area contributed by atoms with E-state index in [2.05, 4.69) is 37.9 Å². The Morgan fingerprint density at radius 2 is 1.62 bits per heavy atom. The average molecular weight is 378 g/mol. The SMILES string of the molecule is CC(C)N(C(=O)CSc1nnc(C23CC4CC(CC(C4)C2)C3)o1)C(C)C. The van der Waals surface area contributed by atoms with Crippen LogP contribution < -0.4 is 0 Å². The highest BCUT2D eigenvalue weighted by atomic mass is 32.2. The number of rotatable bonds is 6. The molecule has 6 heteroatoms. The number of thioether (sulfide) groups is 1. The number of hydrogen-bond acceptors (Lipinski definition) is 5. The molecule has 5 rings (SSSR count). The van der Waals surface area contributed by atoms with Crippen LogP contribution in [0.5, 0.6) is 0 Å². The van der Waals surface area contributed by atoms with Gasteiger partial charge < -0.3 is 9.32 Å². The molecular formula is C20H31N3O2S. The lowest BCUT2D eigenvalue weighted by atomic mass is 9.49. The van der Waals surface area contributed by atoms with Crippen molar-refractivity contribution in [1.29, 1.82) is 0 Å². The van der Waals surface area contributed by atoms with Crippen molar-refractivity contribution in [3.63, 3.8) is 0 Å². The highest BCUT2D eigenvalue weighted by Crippen LogP contribution is 2.60. The topological polar surface area (TPSA) is 59.2 Å². The van der Waals surface area contributed by atoms with Crippen LogP contribution in [0, 0.1) is 17.8 Å². The predicted octanol–water partition coefficient (Wildman–Crippen LogP) is 4.27. The van der Waals surface area contributed by atoms with Crippen LogP contribution in [-0.2, 0) is 10.2 Å². The predicted molar refractivity (Wildman–Crippen MR) is 102 cm³/mol. The van der Waals surface area contributed by atoms with Gasteiger partial charge in [0, 0.05) is 17.5 Å². The number of aromatic nitrogens is 2. The number of carbonyl (C=O) groups is 1. The van der Waals surface area contributed by atoms with Crippen molar-refractivity contribution < 1.29 is 9.21 Å². The Kier molecular flexibility index (Phi) is 4.82. The summed E-state index contributed by atoms with van der Waals surface area (Å²) in [4.78, 5) is 14.5. The van der Waals surface area contributed by atoms with Crippen LogP contribution in [0.3, 0.4) is 0 Å². The van der Waals surface area contributed by atoms with Crippen molar-refractivity contribution in [3.05, 3.63) is 5.89 Å². The van der Waals surface area contributed by atoms with Gasteiger partial charge in [-0.3, -0.25) is 4.79 Å². The average Bonchev–Trinajstić information content (AvgIpc) is 3.00. The molecule has 1 amide bonds. The van der Waals surface area contributed by atoms with Crippen LogP contribution in [0.2, 0.25) is 0 Å². The number of amides is 1. The van der Waals surface area contributed by atoms with E-state index in [4.69, 9.17) is 4.42 Å². The van der Waals surface area contributed by atoms with Crippen molar-refractivity contribution in [2.75, 3.05) is 5.75 Å². The van der Waals surface area contributed by atoms with Gasteiger partial charge in [-0.15, -0.1) is 10.2 Å². The first-order chi connectivity index (χ1) is 12.4. The van der Waals surface area contributed by atoms with Crippen molar-refractivity contribution in [2.24, 2.45) is 17.8 Å². The molecule has 1 aromatic heterocycles. The van der Waals surface area contributed by atoms with Gasteiger partial charge in [0.15, 0.2) is 0 Å². The molecule has 4 bridgehead atoms. The smallest absolute Gasteiger partial charge is 0.277 e. The lowest BCUT2D eigenvalue weighted by Gasteiger charge is -2.55. The first-order valence-electron chi connectivity index (χ1n) is 10.1. The molecular weight excluding hydrogens is 346 g/mol. The van der Waals surface area contributed by atoms with E-state index in [1.54, 1.807) is 0 Å². The summed E-state index contributed by atoms with van der Waals surface area (Å²) in [5.41, 5.74) is 0.131. The summed E-state index contributed by atoms with van der Waals surface area (Å²) in [5.74, 6) is 3.91. The van der Waals surface area contributed by atoms with Gasteiger partial charge in [0.1, 0.15) is 0 Å². The fourth-order valence-electron chi connectivity index (χ4n) is 6.23.